The van der Waals surface area contributed by atoms with Gasteiger partial charge in [-0.15, -0.1) is 11.3 Å². The monoisotopic (exact) mass is 230 g/mol. The van der Waals surface area contributed by atoms with Crippen LogP contribution in [-0.4, -0.2) is 15.0 Å². The number of thiophene rings is 1. The van der Waals surface area contributed by atoms with E-state index in [4.69, 9.17) is 5.26 Å². The van der Waals surface area contributed by atoms with Crippen molar-refractivity contribution in [3.63, 3.8) is 0 Å². The van der Waals surface area contributed by atoms with Crippen molar-refractivity contribution in [2.45, 2.75) is 17.1 Å². The minimum absolute atomic E-state index is 0.313. The van der Waals surface area contributed by atoms with E-state index in [1.165, 1.54) is 11.3 Å². The molecule has 1 aromatic heterocycles. The summed E-state index contributed by atoms with van der Waals surface area (Å²) in [6.45, 7) is 0.313. The highest BCUT2D eigenvalue weighted by molar-refractivity contribution is 7.91. The zero-order chi connectivity index (χ0) is 10.4. The van der Waals surface area contributed by atoms with Crippen molar-refractivity contribution in [1.29, 1.82) is 5.26 Å². The van der Waals surface area contributed by atoms with Crippen LogP contribution < -0.4 is 4.72 Å². The maximum Gasteiger partial charge on any atom is 0.250 e. The lowest BCUT2D eigenvalue weighted by Gasteiger charge is -2.01. The highest BCUT2D eigenvalue weighted by atomic mass is 32.2. The molecule has 1 N–H and O–H groups in total. The van der Waals surface area contributed by atoms with Crippen molar-refractivity contribution >= 4 is 21.4 Å². The summed E-state index contributed by atoms with van der Waals surface area (Å²) < 4.78 is 25.7. The van der Waals surface area contributed by atoms with Crippen LogP contribution >= 0.6 is 11.3 Å². The number of nitrogens with one attached hydrogen (secondary N) is 1. The number of unbranched alkanes of at least 4 members (excludes halogenated alkanes) is 1. The Bertz CT molecular complexity index is 403. The van der Waals surface area contributed by atoms with Crippen LogP contribution in [-0.2, 0) is 10.0 Å². The Kier molecular flexibility index (Phi) is 4.07. The highest BCUT2D eigenvalue weighted by Gasteiger charge is 2.13. The minimum atomic E-state index is -3.34. The second kappa shape index (κ2) is 5.10. The maximum absolute atomic E-state index is 11.5. The average molecular weight is 230 g/mol. The summed E-state index contributed by atoms with van der Waals surface area (Å²) in [5.74, 6) is 0. The Morgan fingerprint density at radius 3 is 2.93 bits per heavy atom. The standard InChI is InChI=1S/C8H10N2O2S2/c9-5-1-2-6-10-14(11,12)8-4-3-7-13-8/h3-4,7,10H,1-2,6H2. The first-order valence-electron chi connectivity index (χ1n) is 4.07. The molecule has 4 nitrogen and oxygen atoms in total. The van der Waals surface area contributed by atoms with Crippen molar-refractivity contribution in [3.8, 4) is 6.07 Å². The molecule has 0 bridgehead atoms. The smallest absolute Gasteiger partial charge is 0.210 e. The van der Waals surface area contributed by atoms with E-state index >= 15 is 0 Å². The molecule has 0 fully saturated rings. The average Bonchev–Trinajstić information content (AvgIpc) is 2.65. The van der Waals surface area contributed by atoms with Crippen LogP contribution in [0.1, 0.15) is 12.8 Å². The molecule has 0 aromatic carbocycles. The molecule has 0 aliphatic heterocycles. The summed E-state index contributed by atoms with van der Waals surface area (Å²) >= 11 is 1.18. The molecule has 1 aromatic rings. The summed E-state index contributed by atoms with van der Waals surface area (Å²) in [6, 6.07) is 5.20. The Labute approximate surface area is 87.2 Å². The van der Waals surface area contributed by atoms with Gasteiger partial charge in [-0.1, -0.05) is 6.07 Å². The molecular weight excluding hydrogens is 220 g/mol. The number of sulfonamides is 1. The number of hydrogen-bond donors (Lipinski definition) is 1. The van der Waals surface area contributed by atoms with Gasteiger partial charge < -0.3 is 0 Å². The van der Waals surface area contributed by atoms with E-state index in [0.29, 0.717) is 23.6 Å². The summed E-state index contributed by atoms with van der Waals surface area (Å²) in [6.07, 6.45) is 0.911. The summed E-state index contributed by atoms with van der Waals surface area (Å²) in [5, 5.41) is 9.97. The van der Waals surface area contributed by atoms with E-state index in [2.05, 4.69) is 4.72 Å². The predicted octanol–water partition coefficient (Wildman–Crippen LogP) is 1.33. The topological polar surface area (TPSA) is 70.0 Å². The van der Waals surface area contributed by atoms with Gasteiger partial charge in [0.05, 0.1) is 6.07 Å². The molecule has 0 aliphatic rings. The Hall–Kier alpha value is -0.900. The Morgan fingerprint density at radius 2 is 2.36 bits per heavy atom. The zero-order valence-electron chi connectivity index (χ0n) is 7.43. The number of hydrogen-bond acceptors (Lipinski definition) is 4. The van der Waals surface area contributed by atoms with Crippen molar-refractivity contribution in [2.24, 2.45) is 0 Å². The first-order valence-corrected chi connectivity index (χ1v) is 6.43. The molecule has 1 heterocycles. The van der Waals surface area contributed by atoms with Gasteiger partial charge in [0.1, 0.15) is 4.21 Å². The second-order valence-electron chi connectivity index (χ2n) is 2.59. The van der Waals surface area contributed by atoms with Crippen molar-refractivity contribution in [3.05, 3.63) is 17.5 Å². The van der Waals surface area contributed by atoms with Gasteiger partial charge in [-0.3, -0.25) is 0 Å². The van der Waals surface area contributed by atoms with Gasteiger partial charge in [-0.25, -0.2) is 13.1 Å². The minimum Gasteiger partial charge on any atom is -0.210 e. The fraction of sp³-hybridized carbons (Fsp3) is 0.375. The van der Waals surface area contributed by atoms with Crippen LogP contribution in [0.5, 0.6) is 0 Å². The summed E-state index contributed by atoms with van der Waals surface area (Å²) in [7, 11) is -3.34. The van der Waals surface area contributed by atoms with Crippen LogP contribution in [0.2, 0.25) is 0 Å². The number of nitrogens with zero attached hydrogens (tertiary/aromatic N) is 1. The lowest BCUT2D eigenvalue weighted by atomic mass is 10.3. The van der Waals surface area contributed by atoms with Gasteiger partial charge in [-0.05, 0) is 17.9 Å². The van der Waals surface area contributed by atoms with Crippen molar-refractivity contribution < 1.29 is 8.42 Å². The predicted molar refractivity (Wildman–Crippen MR) is 54.4 cm³/mol. The van der Waals surface area contributed by atoms with Crippen LogP contribution in [0.25, 0.3) is 0 Å². The molecule has 1 rings (SSSR count). The molecule has 0 radical (unpaired) electrons. The molecule has 0 spiro atoms. The van der Waals surface area contributed by atoms with Crippen LogP contribution in [0, 0.1) is 11.3 Å². The summed E-state index contributed by atoms with van der Waals surface area (Å²) in [5.41, 5.74) is 0. The van der Waals surface area contributed by atoms with E-state index < -0.39 is 10.0 Å². The molecular formula is C8H10N2O2S2. The van der Waals surface area contributed by atoms with Crippen molar-refractivity contribution in [1.82, 2.24) is 4.72 Å². The number of nitriles is 1. The van der Waals surface area contributed by atoms with E-state index in [1.54, 1.807) is 17.5 Å². The van der Waals surface area contributed by atoms with Crippen molar-refractivity contribution in [2.75, 3.05) is 6.54 Å². The van der Waals surface area contributed by atoms with Gasteiger partial charge in [0, 0.05) is 13.0 Å². The first-order chi connectivity index (χ1) is 6.67. The number of rotatable bonds is 5. The molecule has 14 heavy (non-hydrogen) atoms. The Morgan fingerprint density at radius 1 is 1.57 bits per heavy atom. The molecule has 0 atom stereocenters. The van der Waals surface area contributed by atoms with Crippen LogP contribution in [0.4, 0.5) is 0 Å². The van der Waals surface area contributed by atoms with Gasteiger partial charge in [0.25, 0.3) is 0 Å². The SMILES string of the molecule is N#CCCCNS(=O)(=O)c1cccs1. The fourth-order valence-corrected chi connectivity index (χ4v) is 2.97. The molecule has 0 aliphatic carbocycles. The van der Waals surface area contributed by atoms with Gasteiger partial charge in [0.15, 0.2) is 0 Å². The van der Waals surface area contributed by atoms with Crippen LogP contribution in [0.3, 0.4) is 0 Å². The normalized spacial score (nSPS) is 11.1. The highest BCUT2D eigenvalue weighted by Crippen LogP contribution is 2.14. The second-order valence-corrected chi connectivity index (χ2v) is 5.53. The van der Waals surface area contributed by atoms with Gasteiger partial charge in [0.2, 0.25) is 10.0 Å². The fourth-order valence-electron chi connectivity index (χ4n) is 0.862. The molecule has 0 saturated heterocycles. The third-order valence-corrected chi connectivity index (χ3v) is 4.38. The zero-order valence-corrected chi connectivity index (χ0v) is 9.07. The van der Waals surface area contributed by atoms with E-state index in [-0.39, 0.29) is 0 Å². The van der Waals surface area contributed by atoms with E-state index in [9.17, 15) is 8.42 Å². The quantitative estimate of drug-likeness (QED) is 0.776. The molecule has 0 unspecified atom stereocenters. The maximum atomic E-state index is 11.5. The molecule has 0 saturated carbocycles. The van der Waals surface area contributed by atoms with Gasteiger partial charge >= 0.3 is 0 Å². The largest absolute Gasteiger partial charge is 0.250 e. The molecule has 0 amide bonds. The van der Waals surface area contributed by atoms with E-state index in [0.717, 1.165) is 0 Å². The van der Waals surface area contributed by atoms with Crippen LogP contribution in [0.15, 0.2) is 21.7 Å². The van der Waals surface area contributed by atoms with Gasteiger partial charge in [-0.2, -0.15) is 5.26 Å². The Balaban J connectivity index is 2.49. The third kappa shape index (κ3) is 3.10. The van der Waals surface area contributed by atoms with E-state index in [1.807, 2.05) is 6.07 Å². The first kappa shape index (κ1) is 11.2. The lowest BCUT2D eigenvalue weighted by Crippen LogP contribution is -2.23. The molecule has 6 heteroatoms. The lowest BCUT2D eigenvalue weighted by molar-refractivity contribution is 0.581. The third-order valence-electron chi connectivity index (χ3n) is 1.52. The summed E-state index contributed by atoms with van der Waals surface area (Å²) in [4.78, 5) is 0. The molecule has 76 valence electrons.